The zero-order valence-corrected chi connectivity index (χ0v) is 9.49. The number of carbonyl (C=O) groups is 1. The molecule has 0 saturated heterocycles. The van der Waals surface area contributed by atoms with E-state index in [2.05, 4.69) is 0 Å². The maximum absolute atomic E-state index is 10.7. The summed E-state index contributed by atoms with van der Waals surface area (Å²) in [6, 6.07) is 6.18. The van der Waals surface area contributed by atoms with E-state index in [1.54, 1.807) is 12.1 Å². The summed E-state index contributed by atoms with van der Waals surface area (Å²) in [6.07, 6.45) is 0. The van der Waals surface area contributed by atoms with Gasteiger partial charge in [-0.2, -0.15) is 0 Å². The molecule has 1 rings (SSSR count). The molecule has 3 nitrogen and oxygen atoms in total. The lowest BCUT2D eigenvalue weighted by atomic mass is 10.1. The van der Waals surface area contributed by atoms with Crippen molar-refractivity contribution in [1.29, 1.82) is 0 Å². The Hall–Kier alpha value is -1.35. The van der Waals surface area contributed by atoms with Crippen molar-refractivity contribution in [3.63, 3.8) is 0 Å². The van der Waals surface area contributed by atoms with Gasteiger partial charge >= 0.3 is 0 Å². The number of benzene rings is 1. The largest absolute Gasteiger partial charge is 0.508 e. The molecule has 0 radical (unpaired) electrons. The number of hydrogen-bond acceptors (Lipinski definition) is 3. The van der Waals surface area contributed by atoms with Crippen LogP contribution in [0.25, 0.3) is 0 Å². The predicted molar refractivity (Wildman–Crippen MR) is 60.3 cm³/mol. The van der Waals surface area contributed by atoms with E-state index in [9.17, 15) is 4.79 Å². The highest BCUT2D eigenvalue weighted by atomic mass is 16.5. The molecule has 0 atom stereocenters. The molecule has 3 heteroatoms. The predicted octanol–water partition coefficient (Wildman–Crippen LogP) is 2.64. The minimum absolute atomic E-state index is 0.0139. The van der Waals surface area contributed by atoms with Crippen LogP contribution in [0.5, 0.6) is 5.75 Å². The number of Topliss-reactive ketones (excluding diaryl/α,β-unsaturated/α-hetero) is 1. The molecule has 1 N–H and O–H groups in total. The van der Waals surface area contributed by atoms with Crippen LogP contribution >= 0.6 is 0 Å². The molecule has 0 aliphatic heterocycles. The van der Waals surface area contributed by atoms with Gasteiger partial charge in [0.15, 0.2) is 5.78 Å². The topological polar surface area (TPSA) is 46.5 Å². The van der Waals surface area contributed by atoms with Gasteiger partial charge in [0.1, 0.15) is 5.75 Å². The van der Waals surface area contributed by atoms with E-state index in [0.29, 0.717) is 5.56 Å². The van der Waals surface area contributed by atoms with Crippen molar-refractivity contribution in [1.82, 2.24) is 0 Å². The van der Waals surface area contributed by atoms with Crippen molar-refractivity contribution in [2.75, 3.05) is 13.2 Å². The molecule has 15 heavy (non-hydrogen) atoms. The lowest BCUT2D eigenvalue weighted by Crippen LogP contribution is -1.89. The van der Waals surface area contributed by atoms with Crippen LogP contribution in [0.15, 0.2) is 24.3 Å². The number of aromatic hydroxyl groups is 1. The molecule has 1 aromatic rings. The Morgan fingerprint density at radius 3 is 1.93 bits per heavy atom. The van der Waals surface area contributed by atoms with Crippen molar-refractivity contribution < 1.29 is 14.6 Å². The van der Waals surface area contributed by atoms with Gasteiger partial charge < -0.3 is 9.84 Å². The van der Waals surface area contributed by atoms with E-state index in [1.807, 2.05) is 13.8 Å². The zero-order valence-electron chi connectivity index (χ0n) is 9.49. The summed E-state index contributed by atoms with van der Waals surface area (Å²) < 4.78 is 4.83. The molecule has 0 aliphatic rings. The summed E-state index contributed by atoms with van der Waals surface area (Å²) in [7, 11) is 0. The highest BCUT2D eigenvalue weighted by molar-refractivity contribution is 5.94. The van der Waals surface area contributed by atoms with Crippen LogP contribution in [0.3, 0.4) is 0 Å². The van der Waals surface area contributed by atoms with Crippen molar-refractivity contribution in [2.45, 2.75) is 20.8 Å². The molecule has 84 valence electrons. The molecule has 0 aromatic heterocycles. The third-order valence-corrected chi connectivity index (χ3v) is 1.68. The van der Waals surface area contributed by atoms with Gasteiger partial charge in [0.2, 0.25) is 0 Å². The summed E-state index contributed by atoms with van der Waals surface area (Å²) in [4.78, 5) is 10.7. The van der Waals surface area contributed by atoms with Crippen molar-refractivity contribution in [3.8, 4) is 5.75 Å². The smallest absolute Gasteiger partial charge is 0.159 e. The van der Waals surface area contributed by atoms with Gasteiger partial charge in [-0.25, -0.2) is 0 Å². The third-order valence-electron chi connectivity index (χ3n) is 1.68. The van der Waals surface area contributed by atoms with E-state index < -0.39 is 0 Å². The Labute approximate surface area is 90.7 Å². The van der Waals surface area contributed by atoms with Crippen LogP contribution in [-0.4, -0.2) is 24.1 Å². The highest BCUT2D eigenvalue weighted by Gasteiger charge is 1.96. The second-order valence-electron chi connectivity index (χ2n) is 2.88. The minimum atomic E-state index is 0.0139. The quantitative estimate of drug-likeness (QED) is 0.780. The SMILES string of the molecule is CC(=O)c1ccc(O)cc1.CCOCC. The third kappa shape index (κ3) is 6.69. The number of hydrogen-bond donors (Lipinski definition) is 1. The molecule has 0 unspecified atom stereocenters. The molecule has 0 amide bonds. The molecule has 0 aliphatic carbocycles. The normalized spacial score (nSPS) is 9.00. The van der Waals surface area contributed by atoms with E-state index in [-0.39, 0.29) is 11.5 Å². The zero-order chi connectivity index (χ0) is 11.7. The number of ether oxygens (including phenoxy) is 1. The summed E-state index contributed by atoms with van der Waals surface area (Å²) in [5.41, 5.74) is 0.623. The fourth-order valence-electron chi connectivity index (χ4n) is 0.900. The average Bonchev–Trinajstić information content (AvgIpc) is 2.20. The molecule has 0 saturated carbocycles. The second-order valence-corrected chi connectivity index (χ2v) is 2.88. The van der Waals surface area contributed by atoms with Crippen molar-refractivity contribution in [3.05, 3.63) is 29.8 Å². The van der Waals surface area contributed by atoms with E-state index >= 15 is 0 Å². The molecule has 0 spiro atoms. The van der Waals surface area contributed by atoms with Gasteiger partial charge in [-0.1, -0.05) is 0 Å². The van der Waals surface area contributed by atoms with E-state index in [1.165, 1.54) is 19.1 Å². The lowest BCUT2D eigenvalue weighted by Gasteiger charge is -1.93. The van der Waals surface area contributed by atoms with Gasteiger partial charge in [0, 0.05) is 18.8 Å². The maximum atomic E-state index is 10.7. The van der Waals surface area contributed by atoms with Gasteiger partial charge in [-0.05, 0) is 45.0 Å². The average molecular weight is 210 g/mol. The summed E-state index contributed by atoms with van der Waals surface area (Å²) in [5.74, 6) is 0.199. The van der Waals surface area contributed by atoms with Crippen molar-refractivity contribution in [2.24, 2.45) is 0 Å². The van der Waals surface area contributed by atoms with E-state index in [0.717, 1.165) is 13.2 Å². The number of ketones is 1. The minimum Gasteiger partial charge on any atom is -0.508 e. The Bertz CT molecular complexity index is 275. The van der Waals surface area contributed by atoms with Gasteiger partial charge in [-0.3, -0.25) is 4.79 Å². The van der Waals surface area contributed by atoms with Gasteiger partial charge in [0.05, 0.1) is 0 Å². The summed E-state index contributed by atoms with van der Waals surface area (Å²) in [5, 5.41) is 8.83. The molecule has 0 heterocycles. The van der Waals surface area contributed by atoms with Gasteiger partial charge in [0.25, 0.3) is 0 Å². The standard InChI is InChI=1S/C8H8O2.C4H10O/c1-6(9)7-2-4-8(10)5-3-7;1-3-5-4-2/h2-5,10H,1H3;3-4H2,1-2H3. The fraction of sp³-hybridized carbons (Fsp3) is 0.417. The first-order valence-corrected chi connectivity index (χ1v) is 4.99. The molecule has 1 aromatic carbocycles. The van der Waals surface area contributed by atoms with Crippen LogP contribution < -0.4 is 0 Å². The molecule has 0 bridgehead atoms. The number of phenols is 1. The number of carbonyl (C=O) groups excluding carboxylic acids is 1. The fourth-order valence-corrected chi connectivity index (χ4v) is 0.900. The van der Waals surface area contributed by atoms with Crippen LogP contribution in [0, 0.1) is 0 Å². The van der Waals surface area contributed by atoms with Crippen LogP contribution in [-0.2, 0) is 4.74 Å². The second kappa shape index (κ2) is 8.00. The van der Waals surface area contributed by atoms with Crippen LogP contribution in [0.1, 0.15) is 31.1 Å². The Kier molecular flexibility index (Phi) is 7.28. The lowest BCUT2D eigenvalue weighted by molar-refractivity contribution is 0.101. The van der Waals surface area contributed by atoms with E-state index in [4.69, 9.17) is 9.84 Å². The van der Waals surface area contributed by atoms with Crippen LogP contribution in [0.2, 0.25) is 0 Å². The Morgan fingerprint density at radius 2 is 1.67 bits per heavy atom. The summed E-state index contributed by atoms with van der Waals surface area (Å²) in [6.45, 7) is 7.16. The molecule has 0 fully saturated rings. The first-order chi connectivity index (χ1) is 7.11. The number of rotatable bonds is 3. The van der Waals surface area contributed by atoms with Gasteiger partial charge in [-0.15, -0.1) is 0 Å². The Morgan fingerprint density at radius 1 is 1.20 bits per heavy atom. The van der Waals surface area contributed by atoms with Crippen LogP contribution in [0.4, 0.5) is 0 Å². The van der Waals surface area contributed by atoms with Crippen molar-refractivity contribution >= 4 is 5.78 Å². The monoisotopic (exact) mass is 210 g/mol. The highest BCUT2D eigenvalue weighted by Crippen LogP contribution is 2.09. The number of phenolic OH excluding ortho intramolecular Hbond substituents is 1. The first kappa shape index (κ1) is 13.7. The molecular formula is C12H18O3. The summed E-state index contributed by atoms with van der Waals surface area (Å²) >= 11 is 0. The Balaban J connectivity index is 0.000000336. The first-order valence-electron chi connectivity index (χ1n) is 4.99. The molecular weight excluding hydrogens is 192 g/mol. The maximum Gasteiger partial charge on any atom is 0.159 e.